The van der Waals surface area contributed by atoms with E-state index < -0.39 is 0 Å². The van der Waals surface area contributed by atoms with Gasteiger partial charge in [0.1, 0.15) is 12.3 Å². The van der Waals surface area contributed by atoms with E-state index in [4.69, 9.17) is 9.97 Å². The zero-order chi connectivity index (χ0) is 40.5. The molecule has 1 saturated carbocycles. The molecule has 292 valence electrons. The van der Waals surface area contributed by atoms with Crippen molar-refractivity contribution < 1.29 is 0 Å². The maximum atomic E-state index is 5.32. The first-order chi connectivity index (χ1) is 29.3. The van der Waals surface area contributed by atoms with E-state index in [1.807, 2.05) is 12.1 Å². The van der Waals surface area contributed by atoms with Gasteiger partial charge in [-0.2, -0.15) is 0 Å². The summed E-state index contributed by atoms with van der Waals surface area (Å²) in [4.78, 5) is 20.6. The molecule has 6 nitrogen and oxygen atoms in total. The van der Waals surface area contributed by atoms with Crippen molar-refractivity contribution in [3.05, 3.63) is 192 Å². The third-order valence-corrected chi connectivity index (χ3v) is 14.3. The molecule has 0 saturated heterocycles. The average Bonchev–Trinajstić information content (AvgIpc) is 3.45. The Morgan fingerprint density at radius 1 is 0.533 bits per heavy atom. The van der Waals surface area contributed by atoms with Crippen LogP contribution in [0, 0.1) is 19.3 Å². The van der Waals surface area contributed by atoms with Crippen molar-refractivity contribution >= 4 is 67.6 Å². The summed E-state index contributed by atoms with van der Waals surface area (Å²) >= 11 is 0. The predicted molar refractivity (Wildman–Crippen MR) is 248 cm³/mol. The molecule has 0 bridgehead atoms. The molecule has 1 fully saturated rings. The Morgan fingerprint density at radius 3 is 1.83 bits per heavy atom. The summed E-state index contributed by atoms with van der Waals surface area (Å²) in [5.41, 5.74) is 15.5. The minimum atomic E-state index is -0.194. The number of rotatable bonds is 5. The van der Waals surface area contributed by atoms with E-state index in [-0.39, 0.29) is 23.2 Å². The Bertz CT molecular complexity index is 3080. The van der Waals surface area contributed by atoms with Gasteiger partial charge >= 0.3 is 0 Å². The fourth-order valence-corrected chi connectivity index (χ4v) is 11.1. The van der Waals surface area contributed by atoms with Crippen molar-refractivity contribution in [2.75, 3.05) is 19.6 Å². The molecule has 0 radical (unpaired) electrons. The molecule has 4 atom stereocenters. The summed E-state index contributed by atoms with van der Waals surface area (Å²) in [7, 11) is 0. The molecule has 3 aliphatic heterocycles. The monoisotopic (exact) mass is 778 g/mol. The summed E-state index contributed by atoms with van der Waals surface area (Å²) in [6.07, 6.45) is 3.36. The van der Waals surface area contributed by atoms with E-state index in [0.29, 0.717) is 0 Å². The highest BCUT2D eigenvalue weighted by molar-refractivity contribution is 6.01. The number of anilines is 8. The molecule has 60 heavy (non-hydrogen) atoms. The molecule has 1 aliphatic carbocycles. The zero-order valence-corrected chi connectivity index (χ0v) is 34.6. The highest BCUT2D eigenvalue weighted by Crippen LogP contribution is 2.78. The van der Waals surface area contributed by atoms with Gasteiger partial charge in [-0.05, 0) is 110 Å². The van der Waals surface area contributed by atoms with Crippen molar-refractivity contribution in [2.45, 2.75) is 58.8 Å². The summed E-state index contributed by atoms with van der Waals surface area (Å²) in [6, 6.07) is 57.6. The van der Waals surface area contributed by atoms with Crippen LogP contribution in [-0.4, -0.2) is 22.3 Å². The number of hydrogen-bond acceptors (Lipinski definition) is 6. The molecule has 12 rings (SSSR count). The SMILES string of the molecule is Cc1ccc(N2c3cc4ccccc4cc3N3c4ccc(C)cc4C4(C)/C(=C/Cc5ccccc5N5c6nc7ccccc7nc6N(c6ccccc6)C5C)C4(C)C23)cc1. The van der Waals surface area contributed by atoms with Crippen LogP contribution in [0.3, 0.4) is 0 Å². The van der Waals surface area contributed by atoms with Crippen LogP contribution in [0.15, 0.2) is 169 Å². The van der Waals surface area contributed by atoms with Crippen LogP contribution in [-0.2, 0) is 11.8 Å². The van der Waals surface area contributed by atoms with Crippen molar-refractivity contribution in [1.82, 2.24) is 9.97 Å². The first kappa shape index (κ1) is 35.1. The van der Waals surface area contributed by atoms with Crippen LogP contribution in [0.2, 0.25) is 0 Å². The van der Waals surface area contributed by atoms with Gasteiger partial charge in [-0.15, -0.1) is 0 Å². The number of allylic oxidation sites excluding steroid dienone is 1. The van der Waals surface area contributed by atoms with E-state index in [1.54, 1.807) is 0 Å². The maximum Gasteiger partial charge on any atom is 0.179 e. The van der Waals surface area contributed by atoms with Crippen LogP contribution < -0.4 is 19.6 Å². The number of nitrogens with zero attached hydrogens (tertiary/aromatic N) is 6. The molecular formula is C54H46N6. The fourth-order valence-electron chi connectivity index (χ4n) is 11.1. The maximum absolute atomic E-state index is 5.32. The largest absolute Gasteiger partial charge is 0.317 e. The first-order valence-electron chi connectivity index (χ1n) is 21.2. The Hall–Kier alpha value is -6.92. The Balaban J connectivity index is 1.01. The quantitative estimate of drug-likeness (QED) is 0.162. The van der Waals surface area contributed by atoms with E-state index >= 15 is 0 Å². The molecule has 0 spiro atoms. The van der Waals surface area contributed by atoms with Gasteiger partial charge in [0.05, 0.1) is 22.4 Å². The topological polar surface area (TPSA) is 38.7 Å². The average molecular weight is 779 g/mol. The van der Waals surface area contributed by atoms with E-state index in [2.05, 4.69) is 206 Å². The van der Waals surface area contributed by atoms with E-state index in [1.165, 1.54) is 61.3 Å². The lowest BCUT2D eigenvalue weighted by Crippen LogP contribution is -2.50. The summed E-state index contributed by atoms with van der Waals surface area (Å²) in [5.74, 6) is 1.76. The predicted octanol–water partition coefficient (Wildman–Crippen LogP) is 13.1. The lowest BCUT2D eigenvalue weighted by Gasteiger charge is -2.44. The molecule has 4 unspecified atom stereocenters. The Morgan fingerprint density at radius 2 is 1.12 bits per heavy atom. The normalized spacial score (nSPS) is 22.9. The molecule has 8 aromatic rings. The van der Waals surface area contributed by atoms with E-state index in [0.717, 1.165) is 40.5 Å². The molecule has 4 heterocycles. The van der Waals surface area contributed by atoms with Crippen molar-refractivity contribution in [2.24, 2.45) is 5.41 Å². The van der Waals surface area contributed by atoms with Crippen LogP contribution >= 0.6 is 0 Å². The van der Waals surface area contributed by atoms with Crippen molar-refractivity contribution in [3.8, 4) is 0 Å². The molecule has 6 heteroatoms. The smallest absolute Gasteiger partial charge is 0.179 e. The third-order valence-electron chi connectivity index (χ3n) is 14.3. The highest BCUT2D eigenvalue weighted by Gasteiger charge is 2.76. The molecular weight excluding hydrogens is 733 g/mol. The highest BCUT2D eigenvalue weighted by atomic mass is 15.5. The molecule has 4 aliphatic rings. The summed E-state index contributed by atoms with van der Waals surface area (Å²) in [6.45, 7) is 11.7. The fraction of sp³-hybridized carbons (Fsp3) is 0.185. The van der Waals surface area contributed by atoms with Gasteiger partial charge in [0.15, 0.2) is 11.6 Å². The zero-order valence-electron chi connectivity index (χ0n) is 34.6. The second-order valence-electron chi connectivity index (χ2n) is 17.5. The van der Waals surface area contributed by atoms with E-state index in [9.17, 15) is 0 Å². The number of hydrogen-bond donors (Lipinski definition) is 0. The molecule has 7 aromatic carbocycles. The van der Waals surface area contributed by atoms with Gasteiger partial charge in [-0.1, -0.05) is 134 Å². The lowest BCUT2D eigenvalue weighted by molar-refractivity contribution is 0.377. The first-order valence-corrected chi connectivity index (χ1v) is 21.2. The second-order valence-corrected chi connectivity index (χ2v) is 17.5. The molecule has 0 amide bonds. The van der Waals surface area contributed by atoms with Gasteiger partial charge in [-0.3, -0.25) is 0 Å². The Labute approximate surface area is 351 Å². The van der Waals surface area contributed by atoms with Gasteiger partial charge < -0.3 is 19.6 Å². The number of benzene rings is 7. The van der Waals surface area contributed by atoms with Gasteiger partial charge in [-0.25, -0.2) is 9.97 Å². The minimum Gasteiger partial charge on any atom is -0.317 e. The lowest BCUT2D eigenvalue weighted by atomic mass is 9.80. The third kappa shape index (κ3) is 4.70. The van der Waals surface area contributed by atoms with Crippen LogP contribution in [0.1, 0.15) is 43.0 Å². The number of aromatic nitrogens is 2. The molecule has 0 N–H and O–H groups in total. The van der Waals surface area contributed by atoms with Crippen LogP contribution in [0.25, 0.3) is 21.8 Å². The van der Waals surface area contributed by atoms with Crippen LogP contribution in [0.4, 0.5) is 45.8 Å². The Kier molecular flexibility index (Phi) is 7.33. The van der Waals surface area contributed by atoms with Crippen molar-refractivity contribution in [3.63, 3.8) is 0 Å². The molecule has 1 aromatic heterocycles. The summed E-state index contributed by atoms with van der Waals surface area (Å²) in [5, 5.41) is 2.52. The van der Waals surface area contributed by atoms with Gasteiger partial charge in [0.25, 0.3) is 0 Å². The minimum absolute atomic E-state index is 0.0437. The van der Waals surface area contributed by atoms with Crippen molar-refractivity contribution in [1.29, 1.82) is 0 Å². The van der Waals surface area contributed by atoms with Gasteiger partial charge in [0.2, 0.25) is 0 Å². The summed E-state index contributed by atoms with van der Waals surface area (Å²) < 4.78 is 0. The standard InChI is InChI=1S/C54H46N6/c1-34-23-27-41(28-24-34)59-47-32-38-16-9-10-17-39(38)33-48(47)60-46-29-25-35(2)31-42(46)53(4)49(54(53,5)52(59)60)30-26-37-15-11-14-22-45(37)58-36(3)57(40-18-7-6-8-19-40)50-51(58)56-44-21-13-12-20-43(44)55-50/h6-25,27-33,36,52H,26H2,1-5H3/b49-30-. The number of aryl methyl sites for hydroxylation is 2. The van der Waals surface area contributed by atoms with Crippen LogP contribution in [0.5, 0.6) is 0 Å². The van der Waals surface area contributed by atoms with Gasteiger partial charge in [0, 0.05) is 33.6 Å². The number of para-hydroxylation sites is 4. The number of fused-ring (bicyclic) bond motifs is 11. The second kappa shape index (κ2) is 12.5.